The van der Waals surface area contributed by atoms with Gasteiger partial charge in [0.1, 0.15) is 17.2 Å². The van der Waals surface area contributed by atoms with Crippen molar-refractivity contribution in [2.24, 2.45) is 0 Å². The summed E-state index contributed by atoms with van der Waals surface area (Å²) in [6.45, 7) is 14.8. The van der Waals surface area contributed by atoms with E-state index in [-0.39, 0.29) is 33.9 Å². The molecule has 0 spiro atoms. The SMILES string of the molecule is CCc1c(Cl)cc(O)c(NC(=O)COc2ccc(C(C)(C)CC)cc2C(C)(C)CC)c1Cl. The van der Waals surface area contributed by atoms with Crippen molar-refractivity contribution >= 4 is 34.8 Å². The molecule has 0 fully saturated rings. The molecule has 0 aromatic heterocycles. The third-order valence-corrected chi connectivity index (χ3v) is 7.28. The van der Waals surface area contributed by atoms with Gasteiger partial charge in [0.15, 0.2) is 6.61 Å². The summed E-state index contributed by atoms with van der Waals surface area (Å²) in [6, 6.07) is 7.62. The van der Waals surface area contributed by atoms with E-state index in [4.69, 9.17) is 27.9 Å². The molecule has 0 atom stereocenters. The molecule has 0 unspecified atom stereocenters. The number of halogens is 2. The summed E-state index contributed by atoms with van der Waals surface area (Å²) in [7, 11) is 0. The molecule has 32 heavy (non-hydrogen) atoms. The van der Waals surface area contributed by atoms with Gasteiger partial charge in [-0.25, -0.2) is 0 Å². The smallest absolute Gasteiger partial charge is 0.262 e. The number of hydrogen-bond acceptors (Lipinski definition) is 3. The Morgan fingerprint density at radius 3 is 2.22 bits per heavy atom. The van der Waals surface area contributed by atoms with E-state index in [9.17, 15) is 9.90 Å². The number of hydrogen-bond donors (Lipinski definition) is 2. The van der Waals surface area contributed by atoms with E-state index in [0.717, 1.165) is 18.4 Å². The molecule has 0 saturated heterocycles. The number of rotatable bonds is 9. The highest BCUT2D eigenvalue weighted by Gasteiger charge is 2.27. The van der Waals surface area contributed by atoms with Gasteiger partial charge in [0, 0.05) is 16.7 Å². The largest absolute Gasteiger partial charge is 0.506 e. The van der Waals surface area contributed by atoms with E-state index in [1.807, 2.05) is 13.0 Å². The van der Waals surface area contributed by atoms with Crippen LogP contribution in [0.4, 0.5) is 5.69 Å². The summed E-state index contributed by atoms with van der Waals surface area (Å²) in [5, 5.41) is 13.5. The molecule has 0 saturated carbocycles. The van der Waals surface area contributed by atoms with Gasteiger partial charge in [-0.05, 0) is 47.3 Å². The van der Waals surface area contributed by atoms with Crippen molar-refractivity contribution in [3.05, 3.63) is 51.0 Å². The molecule has 6 heteroatoms. The second-order valence-corrected chi connectivity index (χ2v) is 10.2. The van der Waals surface area contributed by atoms with Crippen LogP contribution in [0.1, 0.15) is 78.0 Å². The second-order valence-electron chi connectivity index (χ2n) is 9.42. The molecule has 0 aliphatic carbocycles. The summed E-state index contributed by atoms with van der Waals surface area (Å²) in [4.78, 5) is 12.6. The molecule has 2 N–H and O–H groups in total. The second kappa shape index (κ2) is 10.4. The normalized spacial score (nSPS) is 12.0. The molecule has 2 aromatic carbocycles. The van der Waals surface area contributed by atoms with Gasteiger partial charge < -0.3 is 15.2 Å². The Kier molecular flexibility index (Phi) is 8.52. The van der Waals surface area contributed by atoms with Crippen LogP contribution in [0.5, 0.6) is 11.5 Å². The molecule has 1 amide bonds. The first-order valence-corrected chi connectivity index (χ1v) is 11.9. The molecule has 4 nitrogen and oxygen atoms in total. The van der Waals surface area contributed by atoms with E-state index in [1.165, 1.54) is 11.6 Å². The van der Waals surface area contributed by atoms with Crippen molar-refractivity contribution in [3.8, 4) is 11.5 Å². The van der Waals surface area contributed by atoms with E-state index in [0.29, 0.717) is 22.8 Å². The lowest BCUT2D eigenvalue weighted by molar-refractivity contribution is -0.118. The monoisotopic (exact) mass is 479 g/mol. The van der Waals surface area contributed by atoms with Crippen LogP contribution < -0.4 is 10.1 Å². The van der Waals surface area contributed by atoms with Gasteiger partial charge in [0.25, 0.3) is 5.91 Å². The summed E-state index contributed by atoms with van der Waals surface area (Å²) >= 11 is 12.5. The van der Waals surface area contributed by atoms with Crippen molar-refractivity contribution < 1.29 is 14.6 Å². The zero-order valence-corrected chi connectivity index (χ0v) is 21.7. The third-order valence-electron chi connectivity index (χ3n) is 6.53. The number of anilines is 1. The lowest BCUT2D eigenvalue weighted by atomic mass is 9.76. The molecule has 2 rings (SSSR count). The first-order valence-electron chi connectivity index (χ1n) is 11.1. The Labute approximate surface area is 202 Å². The lowest BCUT2D eigenvalue weighted by Crippen LogP contribution is -2.24. The standard InChI is InChI=1S/C26H35Cl2NO3/c1-8-17-19(27)14-20(30)24(23(17)28)29-22(31)15-32-21-12-11-16(25(4,5)9-2)13-18(21)26(6,7)10-3/h11-14,30H,8-10,15H2,1-7H3,(H,29,31). The van der Waals surface area contributed by atoms with Crippen LogP contribution >= 0.6 is 23.2 Å². The molecule has 0 bridgehead atoms. The Morgan fingerprint density at radius 1 is 1.03 bits per heavy atom. The van der Waals surface area contributed by atoms with Gasteiger partial charge in [-0.15, -0.1) is 0 Å². The summed E-state index contributed by atoms with van der Waals surface area (Å²) in [6.07, 6.45) is 2.53. The number of nitrogens with one attached hydrogen (secondary N) is 1. The molecule has 2 aromatic rings. The van der Waals surface area contributed by atoms with Crippen molar-refractivity contribution in [2.75, 3.05) is 11.9 Å². The third kappa shape index (κ3) is 5.71. The molecule has 0 heterocycles. The quantitative estimate of drug-likeness (QED) is 0.362. The minimum Gasteiger partial charge on any atom is -0.506 e. The molecular formula is C26H35Cl2NO3. The molecule has 0 aliphatic rings. The summed E-state index contributed by atoms with van der Waals surface area (Å²) < 4.78 is 5.96. The van der Waals surface area contributed by atoms with Gasteiger partial charge >= 0.3 is 0 Å². The number of phenols is 1. The zero-order chi connectivity index (χ0) is 24.3. The maximum absolute atomic E-state index is 12.6. The maximum atomic E-state index is 12.6. The summed E-state index contributed by atoms with van der Waals surface area (Å²) in [5.41, 5.74) is 3.08. The minimum absolute atomic E-state index is 0.0499. The Morgan fingerprint density at radius 2 is 1.66 bits per heavy atom. The zero-order valence-electron chi connectivity index (χ0n) is 20.2. The predicted octanol–water partition coefficient (Wildman–Crippen LogP) is 7.65. The van der Waals surface area contributed by atoms with Crippen molar-refractivity contribution in [1.29, 1.82) is 0 Å². The van der Waals surface area contributed by atoms with Crippen molar-refractivity contribution in [3.63, 3.8) is 0 Å². The first kappa shape index (κ1) is 26.3. The van der Waals surface area contributed by atoms with Gasteiger partial charge in [-0.1, -0.05) is 83.8 Å². The van der Waals surface area contributed by atoms with E-state index in [1.54, 1.807) is 0 Å². The van der Waals surface area contributed by atoms with Crippen LogP contribution in [-0.4, -0.2) is 17.6 Å². The fraction of sp³-hybridized carbons (Fsp3) is 0.500. The lowest BCUT2D eigenvalue weighted by Gasteiger charge is -2.30. The van der Waals surface area contributed by atoms with Gasteiger partial charge in [0.05, 0.1) is 5.02 Å². The Hall–Kier alpha value is -1.91. The number of carbonyl (C=O) groups excluding carboxylic acids is 1. The van der Waals surface area contributed by atoms with E-state index < -0.39 is 5.91 Å². The Bertz CT molecular complexity index is 984. The van der Waals surface area contributed by atoms with Crippen molar-refractivity contribution in [1.82, 2.24) is 0 Å². The number of benzene rings is 2. The van der Waals surface area contributed by atoms with Gasteiger partial charge in [0.2, 0.25) is 0 Å². The Balaban J connectivity index is 2.28. The van der Waals surface area contributed by atoms with Gasteiger partial charge in [-0.3, -0.25) is 4.79 Å². The van der Waals surface area contributed by atoms with Gasteiger partial charge in [-0.2, -0.15) is 0 Å². The number of phenolic OH excluding ortho intramolecular Hbond substituents is 1. The van der Waals surface area contributed by atoms with E-state index >= 15 is 0 Å². The van der Waals surface area contributed by atoms with Crippen LogP contribution in [0.25, 0.3) is 0 Å². The summed E-state index contributed by atoms with van der Waals surface area (Å²) in [5.74, 6) is 0.0950. The minimum atomic E-state index is -0.412. The number of amides is 1. The fourth-order valence-corrected chi connectivity index (χ4v) is 4.17. The van der Waals surface area contributed by atoms with Crippen LogP contribution in [0, 0.1) is 0 Å². The number of carbonyl (C=O) groups is 1. The van der Waals surface area contributed by atoms with E-state index in [2.05, 4.69) is 59.0 Å². The molecule has 176 valence electrons. The average molecular weight is 480 g/mol. The number of ether oxygens (including phenoxy) is 1. The van der Waals surface area contributed by atoms with Crippen LogP contribution in [0.3, 0.4) is 0 Å². The molecule has 0 aliphatic heterocycles. The highest BCUT2D eigenvalue weighted by Crippen LogP contribution is 2.40. The first-order chi connectivity index (χ1) is 14.9. The molecule has 0 radical (unpaired) electrons. The fourth-order valence-electron chi connectivity index (χ4n) is 3.41. The maximum Gasteiger partial charge on any atom is 0.262 e. The van der Waals surface area contributed by atoms with Crippen LogP contribution in [0.2, 0.25) is 10.0 Å². The molecular weight excluding hydrogens is 445 g/mol. The predicted molar refractivity (Wildman–Crippen MR) is 135 cm³/mol. The topological polar surface area (TPSA) is 58.6 Å². The van der Waals surface area contributed by atoms with Crippen molar-refractivity contribution in [2.45, 2.75) is 78.6 Å². The highest BCUT2D eigenvalue weighted by molar-refractivity contribution is 6.38. The van der Waals surface area contributed by atoms with Crippen LogP contribution in [0.15, 0.2) is 24.3 Å². The van der Waals surface area contributed by atoms with Crippen LogP contribution in [-0.2, 0) is 22.0 Å². The number of aromatic hydroxyl groups is 1. The highest BCUT2D eigenvalue weighted by atomic mass is 35.5. The average Bonchev–Trinajstić information content (AvgIpc) is 2.75.